The van der Waals surface area contributed by atoms with Gasteiger partial charge >= 0.3 is 0 Å². The van der Waals surface area contributed by atoms with Crippen LogP contribution in [0.2, 0.25) is 5.02 Å². The molecular formula is C17H17ClO2. The van der Waals surface area contributed by atoms with Gasteiger partial charge in [0, 0.05) is 5.02 Å². The van der Waals surface area contributed by atoms with Crippen LogP contribution in [0.5, 0.6) is 5.75 Å². The van der Waals surface area contributed by atoms with Gasteiger partial charge in [-0.2, -0.15) is 0 Å². The standard InChI is InChI=1S/C17H17ClO2/c1-13(19)16-12-15(18)9-10-17(16)20-11-5-8-14-6-3-2-4-7-14/h2-4,6-7,9-10,12H,5,8,11H2,1H3. The molecule has 0 N–H and O–H groups in total. The summed E-state index contributed by atoms with van der Waals surface area (Å²) in [4.78, 5) is 11.5. The van der Waals surface area contributed by atoms with E-state index in [2.05, 4.69) is 12.1 Å². The summed E-state index contributed by atoms with van der Waals surface area (Å²) in [6.45, 7) is 2.10. The minimum absolute atomic E-state index is 0.0365. The van der Waals surface area contributed by atoms with Crippen molar-refractivity contribution < 1.29 is 9.53 Å². The summed E-state index contributed by atoms with van der Waals surface area (Å²) in [5, 5.41) is 0.548. The molecule has 0 heterocycles. The summed E-state index contributed by atoms with van der Waals surface area (Å²) in [5.74, 6) is 0.570. The van der Waals surface area contributed by atoms with E-state index in [1.165, 1.54) is 12.5 Å². The van der Waals surface area contributed by atoms with Crippen LogP contribution in [0.4, 0.5) is 0 Å². The molecular weight excluding hydrogens is 272 g/mol. The van der Waals surface area contributed by atoms with E-state index in [0.29, 0.717) is 22.9 Å². The predicted octanol–water partition coefficient (Wildman–Crippen LogP) is 4.55. The Hall–Kier alpha value is -1.80. The molecule has 0 fully saturated rings. The molecule has 2 rings (SSSR count). The van der Waals surface area contributed by atoms with E-state index in [-0.39, 0.29) is 5.78 Å². The molecule has 0 atom stereocenters. The first-order valence-electron chi connectivity index (χ1n) is 6.64. The molecule has 0 aromatic heterocycles. The van der Waals surface area contributed by atoms with Crippen LogP contribution in [0.1, 0.15) is 29.3 Å². The maximum Gasteiger partial charge on any atom is 0.163 e. The van der Waals surface area contributed by atoms with Crippen LogP contribution in [-0.4, -0.2) is 12.4 Å². The SMILES string of the molecule is CC(=O)c1cc(Cl)ccc1OCCCc1ccccc1. The first-order chi connectivity index (χ1) is 9.66. The van der Waals surface area contributed by atoms with Crippen molar-refractivity contribution in [3.05, 3.63) is 64.7 Å². The van der Waals surface area contributed by atoms with E-state index in [4.69, 9.17) is 16.3 Å². The second kappa shape index (κ2) is 7.11. The van der Waals surface area contributed by atoms with Crippen molar-refractivity contribution in [2.45, 2.75) is 19.8 Å². The minimum atomic E-state index is -0.0365. The summed E-state index contributed by atoms with van der Waals surface area (Å²) in [6.07, 6.45) is 1.87. The van der Waals surface area contributed by atoms with Crippen LogP contribution in [0.25, 0.3) is 0 Å². The molecule has 2 aromatic carbocycles. The lowest BCUT2D eigenvalue weighted by Crippen LogP contribution is -2.04. The lowest BCUT2D eigenvalue weighted by atomic mass is 10.1. The van der Waals surface area contributed by atoms with Crippen LogP contribution in [0, 0.1) is 0 Å². The zero-order valence-electron chi connectivity index (χ0n) is 11.4. The maximum atomic E-state index is 11.5. The molecule has 0 amide bonds. The van der Waals surface area contributed by atoms with Gasteiger partial charge in [-0.1, -0.05) is 41.9 Å². The summed E-state index contributed by atoms with van der Waals surface area (Å²) < 4.78 is 5.70. The van der Waals surface area contributed by atoms with E-state index in [0.717, 1.165) is 12.8 Å². The molecule has 0 saturated heterocycles. The fourth-order valence-corrected chi connectivity index (χ4v) is 2.18. The molecule has 2 nitrogen and oxygen atoms in total. The van der Waals surface area contributed by atoms with Gasteiger partial charge in [-0.15, -0.1) is 0 Å². The Balaban J connectivity index is 1.90. The van der Waals surface area contributed by atoms with Crippen LogP contribution in [0.15, 0.2) is 48.5 Å². The Morgan fingerprint density at radius 2 is 1.90 bits per heavy atom. The molecule has 0 spiro atoms. The number of benzene rings is 2. The number of Topliss-reactive ketones (excluding diaryl/α,β-unsaturated/α-hetero) is 1. The average Bonchev–Trinajstić information content (AvgIpc) is 2.45. The third kappa shape index (κ3) is 4.10. The van der Waals surface area contributed by atoms with Crippen molar-refractivity contribution in [1.82, 2.24) is 0 Å². The number of aryl methyl sites for hydroxylation is 1. The largest absolute Gasteiger partial charge is 0.493 e. The summed E-state index contributed by atoms with van der Waals surface area (Å²) in [7, 11) is 0. The van der Waals surface area contributed by atoms with E-state index in [9.17, 15) is 4.79 Å². The highest BCUT2D eigenvalue weighted by molar-refractivity contribution is 6.31. The Labute approximate surface area is 124 Å². The number of carbonyl (C=O) groups is 1. The lowest BCUT2D eigenvalue weighted by Gasteiger charge is -2.10. The van der Waals surface area contributed by atoms with Crippen molar-refractivity contribution in [2.75, 3.05) is 6.61 Å². The van der Waals surface area contributed by atoms with Gasteiger partial charge < -0.3 is 4.74 Å². The predicted molar refractivity (Wildman–Crippen MR) is 81.7 cm³/mol. The van der Waals surface area contributed by atoms with E-state index >= 15 is 0 Å². The molecule has 0 aliphatic heterocycles. The van der Waals surface area contributed by atoms with Gasteiger partial charge in [0.1, 0.15) is 5.75 Å². The number of halogens is 1. The van der Waals surface area contributed by atoms with Gasteiger partial charge in [0.05, 0.1) is 12.2 Å². The molecule has 0 unspecified atom stereocenters. The number of ether oxygens (including phenoxy) is 1. The Morgan fingerprint density at radius 1 is 1.15 bits per heavy atom. The minimum Gasteiger partial charge on any atom is -0.493 e. The molecule has 0 aliphatic rings. The number of ketones is 1. The second-order valence-electron chi connectivity index (χ2n) is 4.63. The quantitative estimate of drug-likeness (QED) is 0.575. The normalized spacial score (nSPS) is 10.3. The van der Waals surface area contributed by atoms with Crippen LogP contribution < -0.4 is 4.74 Å². The highest BCUT2D eigenvalue weighted by Crippen LogP contribution is 2.23. The molecule has 0 radical (unpaired) electrons. The number of carbonyl (C=O) groups excluding carboxylic acids is 1. The van der Waals surface area contributed by atoms with Crippen molar-refractivity contribution >= 4 is 17.4 Å². The third-order valence-electron chi connectivity index (χ3n) is 3.03. The summed E-state index contributed by atoms with van der Waals surface area (Å²) in [6, 6.07) is 15.4. The fourth-order valence-electron chi connectivity index (χ4n) is 2.01. The zero-order valence-corrected chi connectivity index (χ0v) is 12.2. The molecule has 0 saturated carbocycles. The first-order valence-corrected chi connectivity index (χ1v) is 7.02. The molecule has 104 valence electrons. The van der Waals surface area contributed by atoms with E-state index < -0.39 is 0 Å². The fraction of sp³-hybridized carbons (Fsp3) is 0.235. The molecule has 3 heteroatoms. The zero-order chi connectivity index (χ0) is 14.4. The number of hydrogen-bond donors (Lipinski definition) is 0. The second-order valence-corrected chi connectivity index (χ2v) is 5.07. The van der Waals surface area contributed by atoms with Gasteiger partial charge in [-0.25, -0.2) is 0 Å². The van der Waals surface area contributed by atoms with Crippen molar-refractivity contribution in [2.24, 2.45) is 0 Å². The highest BCUT2D eigenvalue weighted by atomic mass is 35.5. The van der Waals surface area contributed by atoms with Crippen molar-refractivity contribution in [3.63, 3.8) is 0 Å². The smallest absolute Gasteiger partial charge is 0.163 e. The molecule has 0 bridgehead atoms. The molecule has 0 aliphatic carbocycles. The molecule has 20 heavy (non-hydrogen) atoms. The van der Waals surface area contributed by atoms with Crippen LogP contribution in [-0.2, 0) is 6.42 Å². The monoisotopic (exact) mass is 288 g/mol. The van der Waals surface area contributed by atoms with E-state index in [1.54, 1.807) is 18.2 Å². The Kier molecular flexibility index (Phi) is 5.19. The van der Waals surface area contributed by atoms with E-state index in [1.807, 2.05) is 18.2 Å². The summed E-state index contributed by atoms with van der Waals surface area (Å²) in [5.41, 5.74) is 1.83. The van der Waals surface area contributed by atoms with Gasteiger partial charge in [0.25, 0.3) is 0 Å². The topological polar surface area (TPSA) is 26.3 Å². The van der Waals surface area contributed by atoms with Gasteiger partial charge in [-0.05, 0) is 43.5 Å². The van der Waals surface area contributed by atoms with Gasteiger partial charge in [-0.3, -0.25) is 4.79 Å². The van der Waals surface area contributed by atoms with Crippen LogP contribution >= 0.6 is 11.6 Å². The first kappa shape index (κ1) is 14.6. The average molecular weight is 289 g/mol. The Bertz CT molecular complexity index is 579. The van der Waals surface area contributed by atoms with Crippen molar-refractivity contribution in [3.8, 4) is 5.75 Å². The van der Waals surface area contributed by atoms with Crippen molar-refractivity contribution in [1.29, 1.82) is 0 Å². The summed E-state index contributed by atoms with van der Waals surface area (Å²) >= 11 is 5.89. The number of rotatable bonds is 6. The Morgan fingerprint density at radius 3 is 2.60 bits per heavy atom. The number of hydrogen-bond acceptors (Lipinski definition) is 2. The van der Waals surface area contributed by atoms with Crippen LogP contribution in [0.3, 0.4) is 0 Å². The van der Waals surface area contributed by atoms with Gasteiger partial charge in [0.15, 0.2) is 5.78 Å². The lowest BCUT2D eigenvalue weighted by molar-refractivity contribution is 0.101. The third-order valence-corrected chi connectivity index (χ3v) is 3.27. The highest BCUT2D eigenvalue weighted by Gasteiger charge is 2.09. The van der Waals surface area contributed by atoms with Gasteiger partial charge in [0.2, 0.25) is 0 Å². The molecule has 2 aromatic rings. The maximum absolute atomic E-state index is 11.5.